The summed E-state index contributed by atoms with van der Waals surface area (Å²) in [7, 11) is 0. The molecule has 2 rings (SSSR count). The summed E-state index contributed by atoms with van der Waals surface area (Å²) in [5, 5.41) is 9.01. The van der Waals surface area contributed by atoms with E-state index < -0.39 is 18.1 Å². The Morgan fingerprint density at radius 1 is 1.12 bits per heavy atom. The Morgan fingerprint density at radius 2 is 1.88 bits per heavy atom. The predicted octanol–water partition coefficient (Wildman–Crippen LogP) is -1.29. The van der Waals surface area contributed by atoms with Gasteiger partial charge in [-0.1, -0.05) is 0 Å². The highest BCUT2D eigenvalue weighted by molar-refractivity contribution is 5.86. The summed E-state index contributed by atoms with van der Waals surface area (Å²) in [4.78, 5) is 24.4. The topological polar surface area (TPSA) is 85.3 Å². The van der Waals surface area contributed by atoms with Gasteiger partial charge in [-0.2, -0.15) is 0 Å². The van der Waals surface area contributed by atoms with Crippen LogP contribution in [-0.4, -0.2) is 73.6 Å². The predicted molar refractivity (Wildman–Crippen MR) is 54.5 cm³/mol. The maximum atomic E-state index is 12.1. The molecule has 2 atom stereocenters. The van der Waals surface area contributed by atoms with E-state index in [-0.39, 0.29) is 25.7 Å². The molecule has 2 heterocycles. The third-order valence-corrected chi connectivity index (χ3v) is 2.79. The van der Waals surface area contributed by atoms with Crippen LogP contribution in [0.3, 0.4) is 0 Å². The molecule has 0 aromatic heterocycles. The summed E-state index contributed by atoms with van der Waals surface area (Å²) in [6.07, 6.45) is -0.691. The van der Waals surface area contributed by atoms with E-state index in [1.807, 2.05) is 0 Å². The number of rotatable bonds is 2. The molecule has 1 amide bonds. The molecule has 7 nitrogen and oxygen atoms in total. The average molecular weight is 245 g/mol. The molecule has 0 aromatic carbocycles. The number of carbonyl (C=O) groups is 2. The number of aliphatic carboxylic acids is 1. The van der Waals surface area contributed by atoms with Crippen LogP contribution in [-0.2, 0) is 23.8 Å². The van der Waals surface area contributed by atoms with Crippen LogP contribution in [0.15, 0.2) is 0 Å². The number of nitrogens with zero attached hydrogens (tertiary/aromatic N) is 1. The molecule has 17 heavy (non-hydrogen) atoms. The second kappa shape index (κ2) is 5.44. The number of carboxylic acids is 1. The Bertz CT molecular complexity index is 301. The molecule has 1 N–H and O–H groups in total. The number of amides is 1. The smallest absolute Gasteiger partial charge is 0.328 e. The number of ether oxygens (including phenoxy) is 3. The van der Waals surface area contributed by atoms with Gasteiger partial charge in [0, 0.05) is 6.54 Å². The average Bonchev–Trinajstić information content (AvgIpc) is 2.39. The monoisotopic (exact) mass is 245 g/mol. The Morgan fingerprint density at radius 3 is 2.53 bits per heavy atom. The van der Waals surface area contributed by atoms with Crippen LogP contribution >= 0.6 is 0 Å². The molecular weight excluding hydrogens is 230 g/mol. The third kappa shape index (κ3) is 2.74. The Kier molecular flexibility index (Phi) is 3.93. The van der Waals surface area contributed by atoms with Gasteiger partial charge in [-0.3, -0.25) is 4.79 Å². The molecule has 96 valence electrons. The maximum Gasteiger partial charge on any atom is 0.328 e. The van der Waals surface area contributed by atoms with Crippen molar-refractivity contribution < 1.29 is 28.9 Å². The highest BCUT2D eigenvalue weighted by atomic mass is 16.6. The van der Waals surface area contributed by atoms with E-state index in [1.54, 1.807) is 0 Å². The van der Waals surface area contributed by atoms with Crippen LogP contribution in [0.25, 0.3) is 0 Å². The molecule has 0 bridgehead atoms. The fourth-order valence-electron chi connectivity index (χ4n) is 1.89. The van der Waals surface area contributed by atoms with Gasteiger partial charge in [-0.15, -0.1) is 0 Å². The highest BCUT2D eigenvalue weighted by Gasteiger charge is 2.37. The van der Waals surface area contributed by atoms with Crippen molar-refractivity contribution in [3.8, 4) is 0 Å². The lowest BCUT2D eigenvalue weighted by molar-refractivity contribution is -0.172. The lowest BCUT2D eigenvalue weighted by Gasteiger charge is -2.35. The van der Waals surface area contributed by atoms with E-state index in [0.29, 0.717) is 19.8 Å². The minimum atomic E-state index is -1.06. The zero-order valence-corrected chi connectivity index (χ0v) is 9.33. The minimum Gasteiger partial charge on any atom is -0.480 e. The van der Waals surface area contributed by atoms with E-state index in [0.717, 1.165) is 0 Å². The Hall–Kier alpha value is -1.18. The van der Waals surface area contributed by atoms with Gasteiger partial charge in [0.2, 0.25) is 0 Å². The zero-order valence-electron chi connectivity index (χ0n) is 9.33. The van der Waals surface area contributed by atoms with Gasteiger partial charge in [0.1, 0.15) is 0 Å². The SMILES string of the molecule is O=C(O)[C@@H]1COCCN1C(=O)[C@H]1COCCO1. The van der Waals surface area contributed by atoms with Crippen molar-refractivity contribution in [3.05, 3.63) is 0 Å². The Labute approximate surface area is 98.2 Å². The lowest BCUT2D eigenvalue weighted by Crippen LogP contribution is -2.57. The molecule has 0 saturated carbocycles. The van der Waals surface area contributed by atoms with E-state index in [1.165, 1.54) is 4.90 Å². The van der Waals surface area contributed by atoms with Crippen LogP contribution in [0.1, 0.15) is 0 Å². The fourth-order valence-corrected chi connectivity index (χ4v) is 1.89. The summed E-state index contributed by atoms with van der Waals surface area (Å²) in [6, 6.07) is -0.929. The van der Waals surface area contributed by atoms with Crippen molar-refractivity contribution in [2.45, 2.75) is 12.1 Å². The molecule has 2 saturated heterocycles. The van der Waals surface area contributed by atoms with Gasteiger partial charge >= 0.3 is 5.97 Å². The molecule has 0 aliphatic carbocycles. The van der Waals surface area contributed by atoms with Gasteiger partial charge in [-0.25, -0.2) is 4.79 Å². The quantitative estimate of drug-likeness (QED) is 0.652. The highest BCUT2D eigenvalue weighted by Crippen LogP contribution is 2.12. The summed E-state index contributed by atoms with van der Waals surface area (Å²) in [6.45, 7) is 1.66. The number of hydrogen-bond acceptors (Lipinski definition) is 5. The number of morpholine rings is 1. The number of carbonyl (C=O) groups excluding carboxylic acids is 1. The molecule has 2 fully saturated rings. The molecule has 0 spiro atoms. The summed E-state index contributed by atoms with van der Waals surface area (Å²) >= 11 is 0. The first-order valence-corrected chi connectivity index (χ1v) is 5.50. The maximum absolute atomic E-state index is 12.1. The minimum absolute atomic E-state index is 0.0225. The fraction of sp³-hybridized carbons (Fsp3) is 0.800. The van der Waals surface area contributed by atoms with Crippen molar-refractivity contribution in [1.29, 1.82) is 0 Å². The molecular formula is C10H15NO6. The van der Waals surface area contributed by atoms with Crippen LogP contribution in [0.5, 0.6) is 0 Å². The van der Waals surface area contributed by atoms with E-state index in [4.69, 9.17) is 19.3 Å². The van der Waals surface area contributed by atoms with Crippen LogP contribution in [0.4, 0.5) is 0 Å². The second-order valence-electron chi connectivity index (χ2n) is 3.89. The Balaban J connectivity index is 2.02. The molecule has 0 aromatic rings. The number of carboxylic acid groups (broad SMARTS) is 1. The van der Waals surface area contributed by atoms with Crippen molar-refractivity contribution in [2.24, 2.45) is 0 Å². The van der Waals surface area contributed by atoms with Gasteiger partial charge < -0.3 is 24.2 Å². The standard InChI is InChI=1S/C10H15NO6/c12-9(8-6-16-3-4-17-8)11-1-2-15-5-7(11)10(13)14/h7-8H,1-6H2,(H,13,14)/t7-,8+/m0/s1. The van der Waals surface area contributed by atoms with Gasteiger partial charge in [0.15, 0.2) is 12.1 Å². The van der Waals surface area contributed by atoms with Crippen molar-refractivity contribution in [1.82, 2.24) is 4.90 Å². The molecule has 0 radical (unpaired) electrons. The number of hydrogen-bond donors (Lipinski definition) is 1. The van der Waals surface area contributed by atoms with Crippen molar-refractivity contribution in [3.63, 3.8) is 0 Å². The van der Waals surface area contributed by atoms with Crippen molar-refractivity contribution >= 4 is 11.9 Å². The van der Waals surface area contributed by atoms with Crippen LogP contribution < -0.4 is 0 Å². The van der Waals surface area contributed by atoms with Gasteiger partial charge in [0.05, 0.1) is 33.0 Å². The first kappa shape index (κ1) is 12.3. The second-order valence-corrected chi connectivity index (χ2v) is 3.89. The van der Waals surface area contributed by atoms with E-state index in [9.17, 15) is 9.59 Å². The summed E-state index contributed by atoms with van der Waals surface area (Å²) < 4.78 is 15.5. The van der Waals surface area contributed by atoms with Crippen LogP contribution in [0, 0.1) is 0 Å². The normalized spacial score (nSPS) is 30.0. The van der Waals surface area contributed by atoms with E-state index >= 15 is 0 Å². The zero-order chi connectivity index (χ0) is 12.3. The van der Waals surface area contributed by atoms with Gasteiger partial charge in [-0.05, 0) is 0 Å². The first-order valence-electron chi connectivity index (χ1n) is 5.50. The summed E-state index contributed by atoms with van der Waals surface area (Å²) in [5.41, 5.74) is 0. The molecule has 7 heteroatoms. The summed E-state index contributed by atoms with van der Waals surface area (Å²) in [5.74, 6) is -1.39. The van der Waals surface area contributed by atoms with Gasteiger partial charge in [0.25, 0.3) is 5.91 Å². The largest absolute Gasteiger partial charge is 0.480 e. The molecule has 2 aliphatic heterocycles. The molecule has 2 aliphatic rings. The lowest BCUT2D eigenvalue weighted by atomic mass is 10.2. The third-order valence-electron chi connectivity index (χ3n) is 2.79. The van der Waals surface area contributed by atoms with Crippen LogP contribution in [0.2, 0.25) is 0 Å². The molecule has 0 unspecified atom stereocenters. The van der Waals surface area contributed by atoms with E-state index in [2.05, 4.69) is 0 Å². The first-order chi connectivity index (χ1) is 8.20. The van der Waals surface area contributed by atoms with Crippen molar-refractivity contribution in [2.75, 3.05) is 39.6 Å².